The Morgan fingerprint density at radius 3 is 1.12 bits per heavy atom. The molecule has 2 aliphatic carbocycles. The molecule has 0 spiro atoms. The first-order valence-electron chi connectivity index (χ1n) is 20.0. The van der Waals surface area contributed by atoms with Crippen LogP contribution in [-0.2, 0) is 33.7 Å². The molecule has 0 aliphatic heterocycles. The summed E-state index contributed by atoms with van der Waals surface area (Å²) in [5.41, 5.74) is 12.5. The van der Waals surface area contributed by atoms with Gasteiger partial charge in [-0.25, -0.2) is 0 Å². The number of benzene rings is 4. The molecule has 2 radical (unpaired) electrons. The van der Waals surface area contributed by atoms with Crippen LogP contribution in [0.15, 0.2) is 97.1 Å². The molecule has 0 unspecified atom stereocenters. The van der Waals surface area contributed by atoms with Crippen molar-refractivity contribution in [2.45, 2.75) is 131 Å². The average Bonchev–Trinajstić information content (AvgIpc) is 3.75. The summed E-state index contributed by atoms with van der Waals surface area (Å²) in [5.74, 6) is 0. The Morgan fingerprint density at radius 2 is 0.827 bits per heavy atom. The SMILES string of the molecule is CCCCC1(CCCC)[CH-]c2cccc(-c3ccccc3)c2C1.CCCCC1(CCCC)[CH-]c2cccc(-c3ccccc3)c2C1.C[Si]C.[Cl][Zr+2][Cl]. The summed E-state index contributed by atoms with van der Waals surface area (Å²) in [6, 6.07) is 35.5. The van der Waals surface area contributed by atoms with Crippen molar-refractivity contribution in [3.8, 4) is 22.3 Å². The van der Waals surface area contributed by atoms with Gasteiger partial charge in [0.05, 0.1) is 0 Å². The van der Waals surface area contributed by atoms with Gasteiger partial charge in [0.25, 0.3) is 0 Å². The molecule has 0 nitrogen and oxygen atoms in total. The predicted molar refractivity (Wildman–Crippen MR) is 230 cm³/mol. The maximum absolute atomic E-state index is 4.93. The van der Waals surface area contributed by atoms with Gasteiger partial charge in [0.1, 0.15) is 0 Å². The zero-order chi connectivity index (χ0) is 37.7. The monoisotopic (exact) mass is 828 g/mol. The standard InChI is InChI=1S/2C23H29.C2H6Si.2ClH.Zr/c2*1-3-5-15-23(16-6-4-2)17-20-13-10-14-21(22(20)18-23)19-11-8-7-9-12-19;1-3-2;;;/h2*7-14,17H,3-6,15-16,18H2,1-2H3;1-2H3;2*1H;/q2*-1;;;;+4/p-2. The topological polar surface area (TPSA) is 0 Å². The molecule has 0 heterocycles. The van der Waals surface area contributed by atoms with Gasteiger partial charge >= 0.3 is 37.9 Å². The first kappa shape index (κ1) is 44.7. The normalized spacial score (nSPS) is 14.0. The molecule has 278 valence electrons. The molecule has 0 aromatic heterocycles. The number of unbranched alkanes of at least 4 members (excludes halogenated alkanes) is 4. The molecule has 0 atom stereocenters. The van der Waals surface area contributed by atoms with E-state index < -0.39 is 20.8 Å². The molecule has 4 aromatic rings. The van der Waals surface area contributed by atoms with E-state index in [4.69, 9.17) is 17.0 Å². The number of rotatable bonds is 14. The Kier molecular flexibility index (Phi) is 21.2. The second-order valence-corrected chi connectivity index (χ2v) is 19.6. The maximum atomic E-state index is 4.93. The van der Waals surface area contributed by atoms with Gasteiger partial charge in [-0.15, -0.1) is 23.3 Å². The third-order valence-electron chi connectivity index (χ3n) is 10.7. The summed E-state index contributed by atoms with van der Waals surface area (Å²) in [7, 11) is 11.0. The molecule has 0 amide bonds. The average molecular weight is 831 g/mol. The van der Waals surface area contributed by atoms with Crippen LogP contribution in [0.4, 0.5) is 0 Å². The first-order valence-corrected chi connectivity index (χ1v) is 28.3. The fourth-order valence-corrected chi connectivity index (χ4v) is 8.12. The van der Waals surface area contributed by atoms with Crippen LogP contribution >= 0.6 is 17.0 Å². The molecule has 4 heteroatoms. The second kappa shape index (κ2) is 24.7. The molecule has 0 N–H and O–H groups in total. The van der Waals surface area contributed by atoms with E-state index in [0.29, 0.717) is 10.8 Å². The van der Waals surface area contributed by atoms with E-state index in [2.05, 4.69) is 151 Å². The van der Waals surface area contributed by atoms with Crippen molar-refractivity contribution in [2.24, 2.45) is 10.8 Å². The molecule has 0 bridgehead atoms. The van der Waals surface area contributed by atoms with Crippen molar-refractivity contribution in [3.63, 3.8) is 0 Å². The van der Waals surface area contributed by atoms with Gasteiger partial charge in [0.2, 0.25) is 0 Å². The Hall–Kier alpha value is -1.70. The quantitative estimate of drug-likeness (QED) is 0.0877. The molecular formula is C48H64Cl2SiZr. The van der Waals surface area contributed by atoms with Crippen LogP contribution < -0.4 is 0 Å². The van der Waals surface area contributed by atoms with E-state index in [1.54, 1.807) is 11.1 Å². The summed E-state index contributed by atoms with van der Waals surface area (Å²) in [5, 5.41) is 0. The number of fused-ring (bicyclic) bond motifs is 2. The van der Waals surface area contributed by atoms with Gasteiger partial charge < -0.3 is 0 Å². The van der Waals surface area contributed by atoms with E-state index in [1.165, 1.54) is 123 Å². The summed E-state index contributed by atoms with van der Waals surface area (Å²) >= 11 is -0.826. The van der Waals surface area contributed by atoms with Crippen LogP contribution in [-0.4, -0.2) is 9.52 Å². The van der Waals surface area contributed by atoms with E-state index in [-0.39, 0.29) is 0 Å². The van der Waals surface area contributed by atoms with Crippen molar-refractivity contribution in [2.75, 3.05) is 0 Å². The second-order valence-electron chi connectivity index (χ2n) is 14.8. The Bertz CT molecular complexity index is 1400. The van der Waals surface area contributed by atoms with E-state index >= 15 is 0 Å². The minimum absolute atomic E-state index is 0.402. The van der Waals surface area contributed by atoms with Gasteiger partial charge in [0, 0.05) is 9.52 Å². The minimum atomic E-state index is -0.826. The molecule has 2 aliphatic rings. The van der Waals surface area contributed by atoms with Crippen LogP contribution in [0.1, 0.15) is 127 Å². The molecular weight excluding hydrogens is 767 g/mol. The van der Waals surface area contributed by atoms with Crippen LogP contribution in [0.25, 0.3) is 22.3 Å². The predicted octanol–water partition coefficient (Wildman–Crippen LogP) is 15.8. The summed E-state index contributed by atoms with van der Waals surface area (Å²) < 4.78 is 0. The van der Waals surface area contributed by atoms with Crippen LogP contribution in [0.3, 0.4) is 0 Å². The molecule has 4 aromatic carbocycles. The molecule has 0 fully saturated rings. The van der Waals surface area contributed by atoms with Gasteiger partial charge in [-0.3, -0.25) is 0 Å². The summed E-state index contributed by atoms with van der Waals surface area (Å²) in [4.78, 5) is 0. The van der Waals surface area contributed by atoms with E-state index in [9.17, 15) is 0 Å². The van der Waals surface area contributed by atoms with Crippen LogP contribution in [0.2, 0.25) is 13.1 Å². The third-order valence-corrected chi connectivity index (χ3v) is 10.7. The number of hydrogen-bond acceptors (Lipinski definition) is 0. The van der Waals surface area contributed by atoms with Crippen molar-refractivity contribution >= 4 is 26.5 Å². The fourth-order valence-electron chi connectivity index (χ4n) is 8.12. The van der Waals surface area contributed by atoms with Gasteiger partial charge in [0.15, 0.2) is 0 Å². The van der Waals surface area contributed by atoms with Gasteiger partial charge in [-0.05, 0) is 11.1 Å². The molecule has 6 rings (SSSR count). The zero-order valence-electron chi connectivity index (χ0n) is 33.0. The van der Waals surface area contributed by atoms with Crippen molar-refractivity contribution < 1.29 is 20.8 Å². The van der Waals surface area contributed by atoms with E-state index in [0.717, 1.165) is 9.52 Å². The Labute approximate surface area is 340 Å². The third kappa shape index (κ3) is 13.3. The van der Waals surface area contributed by atoms with E-state index in [1.807, 2.05) is 0 Å². The fraction of sp³-hybridized carbons (Fsp3) is 0.458. The van der Waals surface area contributed by atoms with Gasteiger partial charge in [-0.1, -0.05) is 225 Å². The van der Waals surface area contributed by atoms with Gasteiger partial charge in [-0.2, -0.15) is 36.1 Å². The zero-order valence-corrected chi connectivity index (χ0v) is 38.0. The van der Waals surface area contributed by atoms with Crippen molar-refractivity contribution in [1.29, 1.82) is 0 Å². The molecule has 0 saturated carbocycles. The number of hydrogen-bond donors (Lipinski definition) is 0. The van der Waals surface area contributed by atoms with Crippen LogP contribution in [0, 0.1) is 23.7 Å². The summed E-state index contributed by atoms with van der Waals surface area (Å²) in [6.45, 7) is 13.5. The Balaban J connectivity index is 0.000000244. The summed E-state index contributed by atoms with van der Waals surface area (Å²) in [6.07, 6.45) is 23.6. The first-order chi connectivity index (χ1) is 25.4. The molecule has 0 saturated heterocycles. The van der Waals surface area contributed by atoms with Crippen LogP contribution in [0.5, 0.6) is 0 Å². The van der Waals surface area contributed by atoms with Crippen molar-refractivity contribution in [3.05, 3.63) is 132 Å². The Morgan fingerprint density at radius 1 is 0.519 bits per heavy atom. The van der Waals surface area contributed by atoms with Crippen molar-refractivity contribution in [1.82, 2.24) is 0 Å². The molecule has 52 heavy (non-hydrogen) atoms. The number of halogens is 2.